The number of unbranched alkanes of at least 4 members (excludes halogenated alkanes) is 5. The molecule has 0 heterocycles. The van der Waals surface area contributed by atoms with Crippen LogP contribution in [0.3, 0.4) is 0 Å². The number of hydrogen-bond acceptors (Lipinski definition) is 3. The Balaban J connectivity index is 3.34. The van der Waals surface area contributed by atoms with Crippen molar-refractivity contribution in [2.75, 3.05) is 26.7 Å². The van der Waals surface area contributed by atoms with Gasteiger partial charge in [-0.05, 0) is 39.2 Å². The van der Waals surface area contributed by atoms with Crippen LogP contribution >= 0.6 is 0 Å². The van der Waals surface area contributed by atoms with E-state index in [9.17, 15) is 9.59 Å². The van der Waals surface area contributed by atoms with Crippen molar-refractivity contribution in [3.05, 3.63) is 12.2 Å². The lowest BCUT2D eigenvalue weighted by Crippen LogP contribution is -2.30. The van der Waals surface area contributed by atoms with E-state index in [4.69, 9.17) is 5.11 Å². The molecule has 0 aromatic rings. The highest BCUT2D eigenvalue weighted by molar-refractivity contribution is 5.75. The van der Waals surface area contributed by atoms with Crippen LogP contribution in [0.1, 0.15) is 64.7 Å². The number of hydrogen-bond donors (Lipinski definition) is 2. The Hall–Kier alpha value is -1.36. The van der Waals surface area contributed by atoms with E-state index in [0.717, 1.165) is 25.7 Å². The zero-order valence-corrected chi connectivity index (χ0v) is 14.9. The average molecular weight is 326 g/mol. The molecule has 134 valence electrons. The summed E-state index contributed by atoms with van der Waals surface area (Å²) >= 11 is 0. The van der Waals surface area contributed by atoms with Gasteiger partial charge in [0, 0.05) is 19.5 Å². The van der Waals surface area contributed by atoms with Gasteiger partial charge in [-0.15, -0.1) is 0 Å². The quantitative estimate of drug-likeness (QED) is 0.358. The number of carboxylic acid groups (broad SMARTS) is 1. The van der Waals surface area contributed by atoms with E-state index in [1.54, 1.807) is 11.9 Å². The number of aliphatic carboxylic acids is 1. The van der Waals surface area contributed by atoms with Crippen LogP contribution in [0, 0.1) is 0 Å². The van der Waals surface area contributed by atoms with Crippen molar-refractivity contribution in [2.45, 2.75) is 64.7 Å². The number of carboxylic acids is 1. The monoisotopic (exact) mass is 326 g/mol. The molecule has 5 heteroatoms. The van der Waals surface area contributed by atoms with Gasteiger partial charge in [-0.3, -0.25) is 14.5 Å². The van der Waals surface area contributed by atoms with Crippen molar-refractivity contribution in [1.82, 2.24) is 10.2 Å². The number of allylic oxidation sites excluding steroid dienone is 2. The van der Waals surface area contributed by atoms with Gasteiger partial charge in [0.25, 0.3) is 0 Å². The number of amides is 1. The van der Waals surface area contributed by atoms with E-state index in [-0.39, 0.29) is 12.5 Å². The van der Waals surface area contributed by atoms with E-state index in [1.807, 2.05) is 0 Å². The summed E-state index contributed by atoms with van der Waals surface area (Å²) in [5.41, 5.74) is 0. The second-order valence-corrected chi connectivity index (χ2v) is 6.02. The zero-order chi connectivity index (χ0) is 17.3. The van der Waals surface area contributed by atoms with E-state index >= 15 is 0 Å². The first kappa shape index (κ1) is 21.6. The summed E-state index contributed by atoms with van der Waals surface area (Å²) in [6, 6.07) is 0. The fourth-order valence-electron chi connectivity index (χ4n) is 2.34. The number of likely N-dealkylation sites (N-methyl/N-ethyl adjacent to an activating group) is 1. The Morgan fingerprint density at radius 1 is 1.04 bits per heavy atom. The molecule has 1 amide bonds. The van der Waals surface area contributed by atoms with Gasteiger partial charge in [0.2, 0.25) is 5.91 Å². The minimum Gasteiger partial charge on any atom is -0.480 e. The second-order valence-electron chi connectivity index (χ2n) is 6.02. The molecule has 0 atom stereocenters. The molecule has 0 radical (unpaired) electrons. The van der Waals surface area contributed by atoms with Gasteiger partial charge >= 0.3 is 5.97 Å². The topological polar surface area (TPSA) is 69.6 Å². The molecule has 0 aliphatic heterocycles. The third kappa shape index (κ3) is 16.8. The van der Waals surface area contributed by atoms with Crippen molar-refractivity contribution in [1.29, 1.82) is 0 Å². The first-order chi connectivity index (χ1) is 11.1. The molecule has 0 aromatic carbocycles. The fourth-order valence-corrected chi connectivity index (χ4v) is 2.34. The predicted molar refractivity (Wildman–Crippen MR) is 94.5 cm³/mol. The average Bonchev–Trinajstić information content (AvgIpc) is 2.49. The second kappa shape index (κ2) is 15.5. The lowest BCUT2D eigenvalue weighted by molar-refractivity contribution is -0.138. The molecule has 0 aliphatic rings. The van der Waals surface area contributed by atoms with Gasteiger partial charge in [-0.2, -0.15) is 0 Å². The SMILES string of the molecule is CC/C=C/CCCCCCCC(=O)NCCCN(C)CC(=O)O. The number of carbonyl (C=O) groups excluding carboxylic acids is 1. The number of carbonyl (C=O) groups is 2. The zero-order valence-electron chi connectivity index (χ0n) is 14.9. The molecule has 0 bridgehead atoms. The maximum absolute atomic E-state index is 11.6. The third-order valence-corrected chi connectivity index (χ3v) is 3.62. The van der Waals surface area contributed by atoms with Crippen molar-refractivity contribution in [3.63, 3.8) is 0 Å². The van der Waals surface area contributed by atoms with E-state index in [1.165, 1.54) is 25.7 Å². The molecular weight excluding hydrogens is 292 g/mol. The number of rotatable bonds is 15. The van der Waals surface area contributed by atoms with Crippen LogP contribution in [0.5, 0.6) is 0 Å². The highest BCUT2D eigenvalue weighted by Gasteiger charge is 2.04. The summed E-state index contributed by atoms with van der Waals surface area (Å²) in [6.45, 7) is 3.49. The van der Waals surface area contributed by atoms with E-state index in [0.29, 0.717) is 19.5 Å². The van der Waals surface area contributed by atoms with Crippen LogP contribution in [0.2, 0.25) is 0 Å². The Bertz CT molecular complexity index is 343. The molecule has 23 heavy (non-hydrogen) atoms. The Labute approximate surface area is 141 Å². The first-order valence-corrected chi connectivity index (χ1v) is 8.88. The van der Waals surface area contributed by atoms with Crippen molar-refractivity contribution < 1.29 is 14.7 Å². The van der Waals surface area contributed by atoms with Gasteiger partial charge in [0.15, 0.2) is 0 Å². The lowest BCUT2D eigenvalue weighted by Gasteiger charge is -2.13. The van der Waals surface area contributed by atoms with E-state index < -0.39 is 5.97 Å². The molecule has 0 rings (SSSR count). The summed E-state index contributed by atoms with van der Waals surface area (Å²) in [4.78, 5) is 23.9. The molecule has 5 nitrogen and oxygen atoms in total. The maximum atomic E-state index is 11.6. The first-order valence-electron chi connectivity index (χ1n) is 8.88. The molecule has 0 aromatic heterocycles. The maximum Gasteiger partial charge on any atom is 0.317 e. The molecule has 0 saturated carbocycles. The largest absolute Gasteiger partial charge is 0.480 e. The van der Waals surface area contributed by atoms with Crippen LogP contribution in [-0.4, -0.2) is 48.6 Å². The van der Waals surface area contributed by atoms with Gasteiger partial charge in [-0.1, -0.05) is 38.3 Å². The smallest absolute Gasteiger partial charge is 0.317 e. The summed E-state index contributed by atoms with van der Waals surface area (Å²) in [5.74, 6) is -0.713. The Kier molecular flexibility index (Phi) is 14.6. The van der Waals surface area contributed by atoms with E-state index in [2.05, 4.69) is 24.4 Å². The van der Waals surface area contributed by atoms with Crippen molar-refractivity contribution in [3.8, 4) is 0 Å². The molecule has 0 spiro atoms. The van der Waals surface area contributed by atoms with Crippen molar-refractivity contribution in [2.24, 2.45) is 0 Å². The van der Waals surface area contributed by atoms with Crippen LogP contribution < -0.4 is 5.32 Å². The number of nitrogens with one attached hydrogen (secondary N) is 1. The molecule has 0 saturated heterocycles. The molecule has 0 unspecified atom stereocenters. The predicted octanol–water partition coefficient (Wildman–Crippen LogP) is 3.21. The summed E-state index contributed by atoms with van der Waals surface area (Å²) in [6.07, 6.45) is 13.9. The van der Waals surface area contributed by atoms with Gasteiger partial charge in [-0.25, -0.2) is 0 Å². The minimum atomic E-state index is -0.821. The Morgan fingerprint density at radius 3 is 2.43 bits per heavy atom. The minimum absolute atomic E-state index is 0.0438. The lowest BCUT2D eigenvalue weighted by atomic mass is 10.1. The van der Waals surface area contributed by atoms with Gasteiger partial charge in [0.1, 0.15) is 0 Å². The fraction of sp³-hybridized carbons (Fsp3) is 0.778. The normalized spacial score (nSPS) is 11.3. The molecular formula is C18H34N2O3. The summed E-state index contributed by atoms with van der Waals surface area (Å²) in [7, 11) is 1.77. The third-order valence-electron chi connectivity index (χ3n) is 3.62. The molecule has 0 aliphatic carbocycles. The van der Waals surface area contributed by atoms with Crippen LogP contribution in [0.4, 0.5) is 0 Å². The summed E-state index contributed by atoms with van der Waals surface area (Å²) in [5, 5.41) is 11.5. The van der Waals surface area contributed by atoms with Crippen molar-refractivity contribution >= 4 is 11.9 Å². The van der Waals surface area contributed by atoms with Crippen LogP contribution in [0.15, 0.2) is 12.2 Å². The standard InChI is InChI=1S/C18H34N2O3/c1-3-4-5-6-7-8-9-10-11-13-17(21)19-14-12-15-20(2)16-18(22)23/h4-5H,3,6-16H2,1-2H3,(H,19,21)(H,22,23)/b5-4+. The molecule has 0 fully saturated rings. The Morgan fingerprint density at radius 2 is 1.74 bits per heavy atom. The highest BCUT2D eigenvalue weighted by atomic mass is 16.4. The van der Waals surface area contributed by atoms with Crippen LogP contribution in [-0.2, 0) is 9.59 Å². The van der Waals surface area contributed by atoms with Gasteiger partial charge in [0.05, 0.1) is 6.54 Å². The van der Waals surface area contributed by atoms with Crippen LogP contribution in [0.25, 0.3) is 0 Å². The summed E-state index contributed by atoms with van der Waals surface area (Å²) < 4.78 is 0. The number of nitrogens with zero attached hydrogens (tertiary/aromatic N) is 1. The molecule has 2 N–H and O–H groups in total. The van der Waals surface area contributed by atoms with Gasteiger partial charge < -0.3 is 10.4 Å². The highest BCUT2D eigenvalue weighted by Crippen LogP contribution is 2.07.